The second kappa shape index (κ2) is 15.9. The molecule has 3 aromatic heterocycles. The summed E-state index contributed by atoms with van der Waals surface area (Å²) in [7, 11) is -1.41. The van der Waals surface area contributed by atoms with E-state index < -0.39 is 20.8 Å². The summed E-state index contributed by atoms with van der Waals surface area (Å²) in [5.74, 6) is -0.0484. The van der Waals surface area contributed by atoms with Gasteiger partial charge >= 0.3 is 0 Å². The van der Waals surface area contributed by atoms with Gasteiger partial charge in [-0.3, -0.25) is 4.39 Å². The molecule has 0 saturated carbocycles. The molecule has 0 N–H and O–H groups in total. The van der Waals surface area contributed by atoms with Gasteiger partial charge in [0.25, 0.3) is 0 Å². The molecular weight excluding hydrogens is 848 g/mol. The van der Waals surface area contributed by atoms with Crippen LogP contribution in [0, 0.1) is 24.8 Å². The van der Waals surface area contributed by atoms with Gasteiger partial charge in [0.05, 0.1) is 13.7 Å². The fourth-order valence-electron chi connectivity index (χ4n) is 6.21. The molecule has 0 fully saturated rings. The summed E-state index contributed by atoms with van der Waals surface area (Å²) in [4.78, 5) is 8.94. The molecule has 0 unspecified atom stereocenters. The normalized spacial score (nSPS) is 11.9. The average molecular weight is 891 g/mol. The Morgan fingerprint density at radius 3 is 2.09 bits per heavy atom. The van der Waals surface area contributed by atoms with Gasteiger partial charge in [0.2, 0.25) is 0 Å². The number of fused-ring (bicyclic) bond motifs is 3. The van der Waals surface area contributed by atoms with Crippen LogP contribution in [-0.4, -0.2) is 18.0 Å². The molecule has 0 aliphatic rings. The first kappa shape index (κ1) is 35.0. The van der Waals surface area contributed by atoms with Crippen molar-refractivity contribution in [1.29, 1.82) is 0 Å². The largest absolute Gasteiger partial charge is 0.501 e. The van der Waals surface area contributed by atoms with Crippen LogP contribution in [0.2, 0.25) is 19.6 Å². The molecule has 6 heteroatoms. The van der Waals surface area contributed by atoms with Crippen LogP contribution in [0.3, 0.4) is 0 Å². The summed E-state index contributed by atoms with van der Waals surface area (Å²) in [6, 6.07) is 46.5. The minimum atomic E-state index is -1.41. The first-order valence-corrected chi connectivity index (χ1v) is 21.0. The Morgan fingerprint density at radius 2 is 1.43 bits per heavy atom. The number of aromatic nitrogens is 2. The van der Waals surface area contributed by atoms with E-state index in [1.165, 1.54) is 39.6 Å². The van der Waals surface area contributed by atoms with Gasteiger partial charge in [-0.2, -0.15) is 0 Å². The fourth-order valence-corrected chi connectivity index (χ4v) is 7.24. The van der Waals surface area contributed by atoms with E-state index in [1.54, 1.807) is 12.3 Å². The van der Waals surface area contributed by atoms with Gasteiger partial charge in [-0.1, -0.05) is 147 Å². The zero-order valence-corrected chi connectivity index (χ0v) is 33.8. The first-order chi connectivity index (χ1) is 26.0. The summed E-state index contributed by atoms with van der Waals surface area (Å²) in [6.07, 6.45) is 3.68. The maximum atomic E-state index is 14.0. The summed E-state index contributed by atoms with van der Waals surface area (Å²) in [5, 5.41) is 3.41. The van der Waals surface area contributed by atoms with Crippen molar-refractivity contribution in [2.45, 2.75) is 46.3 Å². The third kappa shape index (κ3) is 8.31. The van der Waals surface area contributed by atoms with Gasteiger partial charge in [0.1, 0.15) is 5.58 Å². The van der Waals surface area contributed by atoms with Crippen LogP contribution in [0.4, 0.5) is 4.39 Å². The Balaban J connectivity index is 0.000000211. The van der Waals surface area contributed by atoms with Crippen molar-refractivity contribution in [2.75, 3.05) is 0 Å². The number of hydrogen-bond donors (Lipinski definition) is 0. The summed E-state index contributed by atoms with van der Waals surface area (Å²) < 4.78 is 34.9. The van der Waals surface area contributed by atoms with E-state index in [2.05, 4.69) is 141 Å². The maximum absolute atomic E-state index is 14.0. The summed E-state index contributed by atoms with van der Waals surface area (Å²) in [5.41, 5.74) is 10.6. The zero-order valence-electron chi connectivity index (χ0n) is 32.4. The van der Waals surface area contributed by atoms with E-state index >= 15 is 0 Å². The Hall–Kier alpha value is -5.00. The fraction of sp³-hybridized carbons (Fsp3) is 0.149. The molecule has 0 aliphatic heterocycles. The number of halogens is 1. The molecule has 8 rings (SSSR count). The third-order valence-electron chi connectivity index (χ3n) is 9.27. The predicted octanol–water partition coefficient (Wildman–Crippen LogP) is 12.4. The Morgan fingerprint density at radius 1 is 0.717 bits per heavy atom. The number of hydrogen-bond acceptors (Lipinski definition) is 3. The number of nitrogens with zero attached hydrogens (tertiary/aromatic N) is 2. The molecule has 0 spiro atoms. The van der Waals surface area contributed by atoms with Crippen LogP contribution in [0.25, 0.3) is 66.7 Å². The molecule has 0 amide bonds. The zero-order chi connectivity index (χ0) is 38.0. The van der Waals surface area contributed by atoms with Gasteiger partial charge in [-0.25, -0.2) is 0 Å². The molecule has 0 bridgehead atoms. The van der Waals surface area contributed by atoms with E-state index in [0.717, 1.165) is 38.8 Å². The van der Waals surface area contributed by atoms with Crippen molar-refractivity contribution in [3.05, 3.63) is 163 Å². The molecule has 3 nitrogen and oxygen atoms in total. The van der Waals surface area contributed by atoms with Crippen molar-refractivity contribution in [2.24, 2.45) is 0 Å². The second-order valence-corrected chi connectivity index (χ2v) is 19.4. The van der Waals surface area contributed by atoms with E-state index in [1.807, 2.05) is 24.4 Å². The molecule has 3 heterocycles. The van der Waals surface area contributed by atoms with E-state index in [4.69, 9.17) is 7.16 Å². The van der Waals surface area contributed by atoms with Gasteiger partial charge < -0.3 is 14.4 Å². The monoisotopic (exact) mass is 891 g/mol. The molecule has 53 heavy (non-hydrogen) atoms. The van der Waals surface area contributed by atoms with Crippen molar-refractivity contribution < 1.29 is 31.7 Å². The number of aryl methyl sites for hydroxylation is 1. The average Bonchev–Trinajstić information content (AvgIpc) is 3.56. The number of benzene rings is 5. The van der Waals surface area contributed by atoms with Gasteiger partial charge in [-0.05, 0) is 56.9 Å². The number of rotatable bonds is 6. The van der Waals surface area contributed by atoms with Gasteiger partial charge in [0, 0.05) is 46.4 Å². The third-order valence-corrected chi connectivity index (χ3v) is 11.3. The smallest absolute Gasteiger partial charge is 0.121 e. The van der Waals surface area contributed by atoms with E-state index in [9.17, 15) is 4.39 Å². The number of furan rings is 1. The van der Waals surface area contributed by atoms with Crippen LogP contribution >= 0.6 is 0 Å². The standard InChI is InChI=1S/C32H24NO.C15H17FNSi.Ir/c1-21(2)25-17-18-33-30(19-25)29-10-6-9-28-27-16-15-26(20-31(27)34-32(28)29)24-13-11-23(12-14-24)22-7-4-3-5-8-22;1-11-5-7-13(14(16)9-11)15-8-6-12(10-17-15)18(2,3)4;/h3-9,11-21H,1-2H3;5-6,8-10H,1-4H3;/q2*-1;/i;1D2;. The molecule has 0 atom stereocenters. The Labute approximate surface area is 329 Å². The molecular formula is C47H41FIrN2OSi-2. The molecule has 0 aliphatic carbocycles. The first-order valence-electron chi connectivity index (χ1n) is 18.6. The molecule has 5 aromatic carbocycles. The molecule has 0 saturated heterocycles. The van der Waals surface area contributed by atoms with Crippen LogP contribution in [0.15, 0.2) is 138 Å². The van der Waals surface area contributed by atoms with Gasteiger partial charge in [-0.15, -0.1) is 42.0 Å². The van der Waals surface area contributed by atoms with Crippen LogP contribution in [-0.2, 0) is 20.1 Å². The molecule has 267 valence electrons. The minimum Gasteiger partial charge on any atom is -0.501 e. The van der Waals surface area contributed by atoms with Crippen molar-refractivity contribution in [3.63, 3.8) is 0 Å². The molecule has 8 aromatic rings. The predicted molar refractivity (Wildman–Crippen MR) is 217 cm³/mol. The van der Waals surface area contributed by atoms with Crippen molar-refractivity contribution >= 4 is 35.2 Å². The van der Waals surface area contributed by atoms with Crippen LogP contribution in [0.1, 0.15) is 33.6 Å². The van der Waals surface area contributed by atoms with Crippen molar-refractivity contribution in [3.8, 4) is 44.8 Å². The second-order valence-electron chi connectivity index (χ2n) is 14.3. The summed E-state index contributed by atoms with van der Waals surface area (Å²) in [6.45, 7) is 9.88. The summed E-state index contributed by atoms with van der Waals surface area (Å²) >= 11 is 0. The Bertz CT molecular complexity index is 2550. The SMILES string of the molecule is CC(C)c1ccnc(-c2[c-]ccc3c2oc2cc(-c4ccc(-c5ccccc5)cc4)ccc23)c1.[2H]C([2H])c1c[c-]c(-c2ccc([Si](C)(C)C)cn2)c(F)c1.[Ir]. The maximum Gasteiger partial charge on any atom is 0.121 e. The van der Waals surface area contributed by atoms with Crippen molar-refractivity contribution in [1.82, 2.24) is 9.97 Å². The minimum absolute atomic E-state index is 0. The van der Waals surface area contributed by atoms with Gasteiger partial charge in [0.15, 0.2) is 0 Å². The quantitative estimate of drug-likeness (QED) is 0.123. The van der Waals surface area contributed by atoms with E-state index in [-0.39, 0.29) is 25.7 Å². The van der Waals surface area contributed by atoms with Crippen LogP contribution in [0.5, 0.6) is 0 Å². The topological polar surface area (TPSA) is 38.9 Å². The van der Waals surface area contributed by atoms with Crippen LogP contribution < -0.4 is 5.19 Å². The molecule has 1 radical (unpaired) electrons. The Kier molecular flexibility index (Phi) is 10.5. The number of pyridine rings is 2. The van der Waals surface area contributed by atoms with E-state index in [0.29, 0.717) is 17.2 Å².